The van der Waals surface area contributed by atoms with E-state index in [4.69, 9.17) is 14.2 Å². The molecule has 0 fully saturated rings. The minimum atomic E-state index is -0.529. The zero-order chi connectivity index (χ0) is 37.8. The molecular weight excluding hydrogens is 656 g/mol. The Morgan fingerprint density at radius 3 is 1.85 bits per heavy atom. The lowest BCUT2D eigenvalue weighted by Crippen LogP contribution is -2.30. The molecular formula is C43H60N2O7. The van der Waals surface area contributed by atoms with Crippen molar-refractivity contribution in [2.45, 2.75) is 98.0 Å². The molecule has 284 valence electrons. The van der Waals surface area contributed by atoms with Crippen LogP contribution in [-0.4, -0.2) is 56.3 Å². The van der Waals surface area contributed by atoms with Crippen LogP contribution in [0.5, 0.6) is 11.5 Å². The minimum Gasteiger partial charge on any atom is -0.507 e. The van der Waals surface area contributed by atoms with Gasteiger partial charge in [0, 0.05) is 37.1 Å². The molecule has 9 heteroatoms. The number of fused-ring (bicyclic) bond motifs is 1. The maximum Gasteiger partial charge on any atom is 0.342 e. The van der Waals surface area contributed by atoms with E-state index in [1.54, 1.807) is 0 Å². The Morgan fingerprint density at radius 1 is 0.788 bits per heavy atom. The second-order valence-corrected chi connectivity index (χ2v) is 12.4. The number of amides is 2. The molecule has 0 spiro atoms. The number of carbonyl (C=O) groups is 3. The topological polar surface area (TPSA) is 123 Å². The van der Waals surface area contributed by atoms with Crippen molar-refractivity contribution < 1.29 is 33.7 Å². The van der Waals surface area contributed by atoms with Crippen molar-refractivity contribution in [3.63, 3.8) is 0 Å². The summed E-state index contributed by atoms with van der Waals surface area (Å²) in [6, 6.07) is 0. The molecule has 1 aromatic carbocycles. The summed E-state index contributed by atoms with van der Waals surface area (Å²) in [5, 5.41) is 16.5. The highest BCUT2D eigenvalue weighted by molar-refractivity contribution is 5.98. The van der Waals surface area contributed by atoms with Gasteiger partial charge in [0.15, 0.2) is 0 Å². The van der Waals surface area contributed by atoms with E-state index in [1.165, 1.54) is 7.11 Å². The molecule has 0 aromatic heterocycles. The fraction of sp³-hybridized carbons (Fsp3) is 0.465. The van der Waals surface area contributed by atoms with Crippen molar-refractivity contribution in [1.29, 1.82) is 0 Å². The molecule has 1 aromatic rings. The lowest BCUT2D eigenvalue weighted by Gasteiger charge is -2.15. The molecule has 0 aliphatic carbocycles. The molecule has 0 unspecified atom stereocenters. The zero-order valence-corrected chi connectivity index (χ0v) is 31.7. The van der Waals surface area contributed by atoms with Gasteiger partial charge in [0.05, 0.1) is 20.3 Å². The molecule has 0 radical (unpaired) electrons. The van der Waals surface area contributed by atoms with Crippen molar-refractivity contribution >= 4 is 17.8 Å². The van der Waals surface area contributed by atoms with E-state index >= 15 is 0 Å². The SMILES string of the molecule is CCC=CCC=CCC=CCC=CCC=CCC=CCCC(=O)NCCOCCNC(=O)CCC(C)=CCc1c(O)c2c(c(C)c1OC)COC2=O. The number of hydrogen-bond donors (Lipinski definition) is 3. The van der Waals surface area contributed by atoms with Gasteiger partial charge in [-0.15, -0.1) is 0 Å². The Balaban J connectivity index is 1.46. The zero-order valence-electron chi connectivity index (χ0n) is 31.7. The highest BCUT2D eigenvalue weighted by Crippen LogP contribution is 2.42. The number of hydrogen-bond acceptors (Lipinski definition) is 7. The van der Waals surface area contributed by atoms with Crippen LogP contribution in [0.15, 0.2) is 84.6 Å². The Bertz CT molecular complexity index is 1480. The summed E-state index contributed by atoms with van der Waals surface area (Å²) in [5.74, 6) is -0.199. The van der Waals surface area contributed by atoms with Gasteiger partial charge in [0.1, 0.15) is 23.7 Å². The van der Waals surface area contributed by atoms with Gasteiger partial charge < -0.3 is 30.0 Å². The van der Waals surface area contributed by atoms with Gasteiger partial charge in [0.25, 0.3) is 0 Å². The van der Waals surface area contributed by atoms with Gasteiger partial charge in [-0.3, -0.25) is 9.59 Å². The molecule has 2 rings (SSSR count). The smallest absolute Gasteiger partial charge is 0.342 e. The van der Waals surface area contributed by atoms with Gasteiger partial charge in [-0.2, -0.15) is 0 Å². The van der Waals surface area contributed by atoms with Gasteiger partial charge in [-0.1, -0.05) is 91.5 Å². The number of methoxy groups -OCH3 is 1. The predicted octanol–water partition coefficient (Wildman–Crippen LogP) is 8.38. The number of phenolic OH excluding ortho intramolecular Hbond substituents is 1. The molecule has 1 heterocycles. The quantitative estimate of drug-likeness (QED) is 0.0500. The van der Waals surface area contributed by atoms with Crippen LogP contribution in [0.25, 0.3) is 0 Å². The standard InChI is InChI=1S/C43H60N2O7/c1-5-6-7-8-9-10-11-12-13-14-15-16-17-18-19-20-21-22-23-24-38(46)44-29-31-51-32-30-45-39(47)28-26-34(2)25-27-36-41(48)40-37(33-52-43(40)49)35(3)42(36)50-4/h6-7,9-10,12-13,15-16,18-19,21-22,25,48H,5,8,11,14,17,20,23-24,26-33H2,1-4H3,(H,44,46)(H,45,47). The summed E-state index contributed by atoms with van der Waals surface area (Å²) in [4.78, 5) is 36.4. The molecule has 52 heavy (non-hydrogen) atoms. The number of phenols is 1. The molecule has 0 atom stereocenters. The van der Waals surface area contributed by atoms with Crippen molar-refractivity contribution in [3.05, 3.63) is 107 Å². The van der Waals surface area contributed by atoms with Crippen molar-refractivity contribution in [2.24, 2.45) is 0 Å². The molecule has 3 N–H and O–H groups in total. The van der Waals surface area contributed by atoms with Crippen LogP contribution in [0.2, 0.25) is 0 Å². The van der Waals surface area contributed by atoms with E-state index in [-0.39, 0.29) is 29.7 Å². The first-order valence-corrected chi connectivity index (χ1v) is 18.5. The molecule has 0 bridgehead atoms. The predicted molar refractivity (Wildman–Crippen MR) is 209 cm³/mol. The van der Waals surface area contributed by atoms with Crippen LogP contribution in [0.1, 0.15) is 105 Å². The number of rotatable bonds is 26. The normalized spacial score (nSPS) is 13.5. The maximum atomic E-state index is 12.3. The number of allylic oxidation sites excluding steroid dienone is 14. The average Bonchev–Trinajstić information content (AvgIpc) is 3.53. The molecule has 1 aliphatic heterocycles. The van der Waals surface area contributed by atoms with E-state index < -0.39 is 5.97 Å². The largest absolute Gasteiger partial charge is 0.507 e. The van der Waals surface area contributed by atoms with Crippen molar-refractivity contribution in [3.8, 4) is 11.5 Å². The Morgan fingerprint density at radius 2 is 1.31 bits per heavy atom. The molecule has 1 aliphatic rings. The van der Waals surface area contributed by atoms with Gasteiger partial charge in [-0.25, -0.2) is 4.79 Å². The first-order chi connectivity index (χ1) is 25.3. The summed E-state index contributed by atoms with van der Waals surface area (Å²) >= 11 is 0. The third-order valence-corrected chi connectivity index (χ3v) is 8.32. The highest BCUT2D eigenvalue weighted by Gasteiger charge is 2.31. The van der Waals surface area contributed by atoms with Gasteiger partial charge in [-0.05, 0) is 77.2 Å². The highest BCUT2D eigenvalue weighted by atomic mass is 16.5. The molecule has 2 amide bonds. The summed E-state index contributed by atoms with van der Waals surface area (Å²) in [7, 11) is 1.53. The lowest BCUT2D eigenvalue weighted by atomic mass is 9.94. The van der Waals surface area contributed by atoms with E-state index in [0.717, 1.165) is 49.7 Å². The third-order valence-electron chi connectivity index (χ3n) is 8.32. The van der Waals surface area contributed by atoms with Gasteiger partial charge in [0.2, 0.25) is 11.8 Å². The number of esters is 1. The average molecular weight is 717 g/mol. The van der Waals surface area contributed by atoms with E-state index in [2.05, 4.69) is 84.4 Å². The maximum absolute atomic E-state index is 12.3. The number of nitrogens with one attached hydrogen (secondary N) is 2. The summed E-state index contributed by atoms with van der Waals surface area (Å²) in [6.45, 7) is 7.58. The summed E-state index contributed by atoms with van der Waals surface area (Å²) in [5.41, 5.74) is 3.15. The summed E-state index contributed by atoms with van der Waals surface area (Å²) < 4.78 is 16.2. The van der Waals surface area contributed by atoms with Gasteiger partial charge >= 0.3 is 5.97 Å². The van der Waals surface area contributed by atoms with E-state index in [1.807, 2.05) is 26.0 Å². The first-order valence-electron chi connectivity index (χ1n) is 18.5. The number of carbonyl (C=O) groups excluding carboxylic acids is 3. The molecule has 0 saturated carbocycles. The van der Waals surface area contributed by atoms with Crippen LogP contribution < -0.4 is 15.4 Å². The summed E-state index contributed by atoms with van der Waals surface area (Å²) in [6.07, 6.45) is 36.0. The van der Waals surface area contributed by atoms with E-state index in [0.29, 0.717) is 75.3 Å². The second kappa shape index (κ2) is 27.1. The Hall–Kier alpha value is -4.63. The first kappa shape index (κ1) is 43.5. The number of cyclic esters (lactones) is 1. The monoisotopic (exact) mass is 716 g/mol. The molecule has 9 nitrogen and oxygen atoms in total. The lowest BCUT2D eigenvalue weighted by molar-refractivity contribution is -0.121. The fourth-order valence-electron chi connectivity index (χ4n) is 5.38. The number of ether oxygens (including phenoxy) is 3. The Labute approximate surface area is 311 Å². The van der Waals surface area contributed by atoms with Crippen LogP contribution in [0.3, 0.4) is 0 Å². The molecule has 0 saturated heterocycles. The second-order valence-electron chi connectivity index (χ2n) is 12.4. The van der Waals surface area contributed by atoms with Crippen molar-refractivity contribution in [1.82, 2.24) is 10.6 Å². The fourth-order valence-corrected chi connectivity index (χ4v) is 5.38. The van der Waals surface area contributed by atoms with Crippen LogP contribution >= 0.6 is 0 Å². The van der Waals surface area contributed by atoms with Crippen LogP contribution in [0.4, 0.5) is 0 Å². The number of aromatic hydroxyl groups is 1. The van der Waals surface area contributed by atoms with E-state index in [9.17, 15) is 19.5 Å². The van der Waals surface area contributed by atoms with Crippen LogP contribution in [0, 0.1) is 6.92 Å². The third kappa shape index (κ3) is 17.5. The minimum absolute atomic E-state index is 0.0117. The van der Waals surface area contributed by atoms with Crippen molar-refractivity contribution in [2.75, 3.05) is 33.4 Å². The van der Waals surface area contributed by atoms with Crippen LogP contribution in [-0.2, 0) is 32.1 Å². The Kier molecular flexibility index (Phi) is 22.7. The number of benzene rings is 1.